The number of carbonyl (C=O) groups is 1. The third-order valence-corrected chi connectivity index (χ3v) is 4.09. The molecule has 1 aromatic rings. The van der Waals surface area contributed by atoms with Crippen LogP contribution < -0.4 is 5.32 Å². The lowest BCUT2D eigenvalue weighted by Gasteiger charge is -2.29. The Morgan fingerprint density at radius 1 is 1.23 bits per heavy atom. The summed E-state index contributed by atoms with van der Waals surface area (Å²) in [6.07, 6.45) is 2.59. The van der Waals surface area contributed by atoms with E-state index in [2.05, 4.69) is 28.3 Å². The number of nitrogens with zero attached hydrogens (tertiary/aromatic N) is 3. The molecule has 0 spiro atoms. The highest BCUT2D eigenvalue weighted by Crippen LogP contribution is 2.24. The van der Waals surface area contributed by atoms with Crippen LogP contribution in [0.1, 0.15) is 59.1 Å². The minimum absolute atomic E-state index is 0.270. The smallest absolute Gasteiger partial charge is 0.410 e. The van der Waals surface area contributed by atoms with Crippen LogP contribution in [0.5, 0.6) is 0 Å². The molecule has 0 aliphatic carbocycles. The first-order valence-electron chi connectivity index (χ1n) is 10.5. The predicted octanol–water partition coefficient (Wildman–Crippen LogP) is 4.68. The average molecular weight is 417 g/mol. The topological polar surface area (TPSA) is 75.5 Å². The zero-order chi connectivity index (χ0) is 22.6. The molecule has 0 saturated heterocycles. The van der Waals surface area contributed by atoms with Crippen LogP contribution in [-0.4, -0.2) is 55.6 Å². The highest BCUT2D eigenvalue weighted by molar-refractivity contribution is 5.94. The van der Waals surface area contributed by atoms with Gasteiger partial charge in [0.25, 0.3) is 0 Å². The number of rotatable bonds is 6. The highest BCUT2D eigenvalue weighted by atomic mass is 16.6. The molecule has 1 aliphatic heterocycles. The van der Waals surface area contributed by atoms with Gasteiger partial charge in [-0.15, -0.1) is 5.10 Å². The van der Waals surface area contributed by atoms with E-state index >= 15 is 0 Å². The Kier molecular flexibility index (Phi) is 10.8. The summed E-state index contributed by atoms with van der Waals surface area (Å²) in [5.74, 6) is 0.427. The van der Waals surface area contributed by atoms with Crippen molar-refractivity contribution < 1.29 is 14.3 Å². The van der Waals surface area contributed by atoms with Gasteiger partial charge < -0.3 is 14.4 Å². The number of amides is 1. The normalized spacial score (nSPS) is 14.3. The van der Waals surface area contributed by atoms with Crippen LogP contribution in [0.4, 0.5) is 4.79 Å². The second-order valence-corrected chi connectivity index (χ2v) is 7.42. The fraction of sp³-hybridized carbons (Fsp3) is 0.522. The van der Waals surface area contributed by atoms with E-state index in [1.54, 1.807) is 4.90 Å². The SMILES string of the molecule is C=N/N=C(\OCNCC)c1ccc(C2=CCN(C(=O)OC(C)(C)C)CC2)cc1.CC. The molecule has 1 N–H and O–H groups in total. The molecule has 1 aliphatic rings. The molecule has 0 radical (unpaired) electrons. The number of carbonyl (C=O) groups excluding carboxylic acids is 1. The molecule has 0 atom stereocenters. The van der Waals surface area contributed by atoms with Gasteiger partial charge in [-0.2, -0.15) is 5.10 Å². The van der Waals surface area contributed by atoms with Crippen LogP contribution in [0, 0.1) is 0 Å². The molecule has 7 heteroatoms. The van der Waals surface area contributed by atoms with Gasteiger partial charge >= 0.3 is 6.09 Å². The quantitative estimate of drug-likeness (QED) is 0.240. The van der Waals surface area contributed by atoms with Crippen LogP contribution in [0.3, 0.4) is 0 Å². The lowest BCUT2D eigenvalue weighted by atomic mass is 9.98. The van der Waals surface area contributed by atoms with Crippen molar-refractivity contribution in [1.29, 1.82) is 0 Å². The standard InChI is InChI=1S/C21H30N4O3.C2H6/c1-6-23-15-27-19(24-22-5)18-9-7-16(8-10-18)17-11-13-25(14-12-17)20(26)28-21(2,3)4;1-2/h7-11,23H,5-6,12-15H2,1-4H3;1-2H3/b24-19-;. The Balaban J connectivity index is 0.00000218. The number of benzene rings is 1. The molecular weight excluding hydrogens is 380 g/mol. The van der Waals surface area contributed by atoms with Crippen molar-refractivity contribution in [2.75, 3.05) is 26.4 Å². The van der Waals surface area contributed by atoms with Crippen LogP contribution in [0.2, 0.25) is 0 Å². The van der Waals surface area contributed by atoms with E-state index in [0.29, 0.717) is 25.7 Å². The summed E-state index contributed by atoms with van der Waals surface area (Å²) in [6.45, 7) is 17.4. The van der Waals surface area contributed by atoms with Gasteiger partial charge in [0.05, 0.1) is 0 Å². The summed E-state index contributed by atoms with van der Waals surface area (Å²) in [5, 5.41) is 10.6. The molecule has 1 heterocycles. The van der Waals surface area contributed by atoms with Crippen LogP contribution in [0.25, 0.3) is 5.57 Å². The molecule has 0 aromatic heterocycles. The van der Waals surface area contributed by atoms with E-state index in [1.807, 2.05) is 65.8 Å². The average Bonchev–Trinajstić information content (AvgIpc) is 2.74. The molecule has 0 saturated carbocycles. The molecule has 0 bridgehead atoms. The van der Waals surface area contributed by atoms with E-state index < -0.39 is 5.60 Å². The van der Waals surface area contributed by atoms with Crippen molar-refractivity contribution >= 4 is 24.3 Å². The minimum atomic E-state index is -0.481. The first kappa shape index (κ1) is 25.4. The van der Waals surface area contributed by atoms with E-state index in [9.17, 15) is 4.79 Å². The van der Waals surface area contributed by atoms with Crippen molar-refractivity contribution in [3.05, 3.63) is 41.5 Å². The van der Waals surface area contributed by atoms with Gasteiger partial charge in [-0.25, -0.2) is 4.79 Å². The van der Waals surface area contributed by atoms with Crippen molar-refractivity contribution in [2.24, 2.45) is 10.2 Å². The Morgan fingerprint density at radius 3 is 2.40 bits per heavy atom. The molecule has 0 fully saturated rings. The molecule has 1 aromatic carbocycles. The molecule has 0 unspecified atom stereocenters. The first-order valence-corrected chi connectivity index (χ1v) is 10.5. The molecule has 30 heavy (non-hydrogen) atoms. The number of nitrogens with one attached hydrogen (secondary N) is 1. The zero-order valence-corrected chi connectivity index (χ0v) is 19.2. The third-order valence-electron chi connectivity index (χ3n) is 4.09. The highest BCUT2D eigenvalue weighted by Gasteiger charge is 2.23. The summed E-state index contributed by atoms with van der Waals surface area (Å²) in [5.41, 5.74) is 2.68. The van der Waals surface area contributed by atoms with Gasteiger partial charge in [0.1, 0.15) is 12.3 Å². The van der Waals surface area contributed by atoms with E-state index in [0.717, 1.165) is 24.1 Å². The number of ether oxygens (including phenoxy) is 2. The van der Waals surface area contributed by atoms with Gasteiger partial charge in [-0.1, -0.05) is 39.0 Å². The molecule has 7 nitrogen and oxygen atoms in total. The molecule has 1 amide bonds. The van der Waals surface area contributed by atoms with Crippen LogP contribution in [-0.2, 0) is 9.47 Å². The summed E-state index contributed by atoms with van der Waals surface area (Å²) in [4.78, 5) is 13.9. The number of hydrogen-bond acceptors (Lipinski definition) is 6. The second kappa shape index (κ2) is 12.8. The summed E-state index contributed by atoms with van der Waals surface area (Å²) in [7, 11) is 0. The van der Waals surface area contributed by atoms with Gasteiger partial charge in [-0.3, -0.25) is 5.32 Å². The Morgan fingerprint density at radius 2 is 1.90 bits per heavy atom. The Bertz CT molecular complexity index is 734. The Hall–Kier alpha value is -2.67. The van der Waals surface area contributed by atoms with Crippen LogP contribution >= 0.6 is 0 Å². The first-order chi connectivity index (χ1) is 14.3. The maximum atomic E-state index is 12.2. The fourth-order valence-corrected chi connectivity index (χ4v) is 2.71. The lowest BCUT2D eigenvalue weighted by molar-refractivity contribution is 0.0270. The van der Waals surface area contributed by atoms with E-state index in [-0.39, 0.29) is 6.09 Å². The number of hydrogen-bond donors (Lipinski definition) is 1. The Labute approximate surface area is 180 Å². The summed E-state index contributed by atoms with van der Waals surface area (Å²) >= 11 is 0. The maximum absolute atomic E-state index is 12.2. The van der Waals surface area contributed by atoms with Crippen molar-refractivity contribution in [3.8, 4) is 0 Å². The van der Waals surface area contributed by atoms with Crippen molar-refractivity contribution in [3.63, 3.8) is 0 Å². The maximum Gasteiger partial charge on any atom is 0.410 e. The van der Waals surface area contributed by atoms with Crippen LogP contribution in [0.15, 0.2) is 40.5 Å². The third kappa shape index (κ3) is 8.37. The zero-order valence-electron chi connectivity index (χ0n) is 19.2. The fourth-order valence-electron chi connectivity index (χ4n) is 2.71. The van der Waals surface area contributed by atoms with E-state index in [1.165, 1.54) is 5.57 Å². The molecular formula is C23H36N4O3. The largest absolute Gasteiger partial charge is 0.460 e. The predicted molar refractivity (Wildman–Crippen MR) is 124 cm³/mol. The lowest BCUT2D eigenvalue weighted by Crippen LogP contribution is -2.39. The molecule has 166 valence electrons. The van der Waals surface area contributed by atoms with Crippen molar-refractivity contribution in [2.45, 2.75) is 53.6 Å². The van der Waals surface area contributed by atoms with E-state index in [4.69, 9.17) is 9.47 Å². The van der Waals surface area contributed by atoms with Gasteiger partial charge in [-0.05, 0) is 57.0 Å². The van der Waals surface area contributed by atoms with Crippen molar-refractivity contribution in [1.82, 2.24) is 10.2 Å². The summed E-state index contributed by atoms with van der Waals surface area (Å²) in [6, 6.07) is 7.96. The van der Waals surface area contributed by atoms with Gasteiger partial charge in [0.2, 0.25) is 5.90 Å². The van der Waals surface area contributed by atoms with Gasteiger partial charge in [0.15, 0.2) is 0 Å². The monoisotopic (exact) mass is 416 g/mol. The summed E-state index contributed by atoms with van der Waals surface area (Å²) < 4.78 is 11.0. The second-order valence-electron chi connectivity index (χ2n) is 7.42. The molecule has 2 rings (SSSR count). The van der Waals surface area contributed by atoms with Gasteiger partial charge in [0, 0.05) is 25.4 Å². The minimum Gasteiger partial charge on any atom is -0.460 e.